The van der Waals surface area contributed by atoms with Gasteiger partial charge in [0.2, 0.25) is 47.3 Å². The highest BCUT2D eigenvalue weighted by Gasteiger charge is 2.51. The number of halogens is 4. The molecule has 6 heterocycles. The Kier molecular flexibility index (Phi) is 19.0. The van der Waals surface area contributed by atoms with Crippen molar-refractivity contribution in [2.75, 3.05) is 33.3 Å². The lowest BCUT2D eigenvalue weighted by Gasteiger charge is -2.39. The molecule has 1 aromatic heterocycles. The van der Waals surface area contributed by atoms with Gasteiger partial charge in [0.15, 0.2) is 0 Å². The summed E-state index contributed by atoms with van der Waals surface area (Å²) in [6.07, 6.45) is 0.124. The second kappa shape index (κ2) is 25.9. The normalized spacial score (nSPS) is 22.8. The quantitative estimate of drug-likeness (QED) is 0.0463. The van der Waals surface area contributed by atoms with E-state index in [1.807, 2.05) is 0 Å². The summed E-state index contributed by atoms with van der Waals surface area (Å²) in [7, 11) is -4.81. The van der Waals surface area contributed by atoms with Gasteiger partial charge in [0.1, 0.15) is 30.2 Å². The van der Waals surface area contributed by atoms with Crippen molar-refractivity contribution in [2.24, 2.45) is 17.6 Å². The third-order valence-corrected chi connectivity index (χ3v) is 19.3. The molecule has 29 heteroatoms. The summed E-state index contributed by atoms with van der Waals surface area (Å²) in [4.78, 5) is 159. The number of ether oxygens (including phenoxy) is 1. The number of hydrogen-bond donors (Lipinski definition) is 7. The standard InChI is InChI=1S/C57H66F4N9O14PS/c1-84-55(80)68-26-21-36-10-12-42(70(36)53(78)40(30-68)64-51(76)44-28-34-27-35(9-14-43(34)86-44)57(60,61)85(81,82)83)50(75)63-39(11-15-45(62)71)48(73)66-47(33-17-22-56(58,59)23-18-33)54(79)67-24-19-31(20-25-67)5-2-3-6-32-7-4-8-37-38(32)29-69(52(37)77)41-13-16-46(72)65-49(41)74/h4,7-9,14,27-28,31,33,36,39-42,47H,2,5,10-13,15-26,29-30H2,1H3,(H2,62,71)(H,63,75)(H,64,76)(H,66,73)(H,65,72,74)(H2,81,82,83)/t36-,39+,40+,41?,42+,47+/m1/s1. The van der Waals surface area contributed by atoms with Gasteiger partial charge in [-0.2, -0.15) is 8.78 Å². The Bertz CT molecular complexity index is 3330. The van der Waals surface area contributed by atoms with Gasteiger partial charge in [-0.15, -0.1) is 11.3 Å². The molecule has 0 bridgehead atoms. The number of likely N-dealkylation sites (tertiary alicyclic amines) is 1. The Balaban J connectivity index is 0.858. The molecular formula is C57H66F4N9O14PS. The summed E-state index contributed by atoms with van der Waals surface area (Å²) >= 11 is 0.817. The van der Waals surface area contributed by atoms with Crippen LogP contribution in [0.1, 0.15) is 133 Å². The molecule has 4 saturated heterocycles. The van der Waals surface area contributed by atoms with E-state index in [4.69, 9.17) is 10.5 Å². The van der Waals surface area contributed by atoms with Crippen molar-refractivity contribution >= 4 is 88.3 Å². The highest BCUT2D eigenvalue weighted by atomic mass is 32.1. The molecule has 5 aliphatic heterocycles. The van der Waals surface area contributed by atoms with Crippen LogP contribution in [0.5, 0.6) is 0 Å². The van der Waals surface area contributed by atoms with Gasteiger partial charge >= 0.3 is 19.4 Å². The fourth-order valence-corrected chi connectivity index (χ4v) is 13.8. The van der Waals surface area contributed by atoms with Crippen LogP contribution in [-0.4, -0.2) is 164 Å². The van der Waals surface area contributed by atoms with E-state index in [0.29, 0.717) is 42.4 Å². The molecule has 10 amide bonds. The van der Waals surface area contributed by atoms with Crippen molar-refractivity contribution in [3.8, 4) is 11.8 Å². The highest BCUT2D eigenvalue weighted by Crippen LogP contribution is 2.59. The largest absolute Gasteiger partial charge is 0.453 e. The van der Waals surface area contributed by atoms with Crippen LogP contribution in [0.15, 0.2) is 42.5 Å². The number of thiophene rings is 1. The number of alkyl halides is 4. The van der Waals surface area contributed by atoms with Crippen LogP contribution in [0, 0.1) is 23.7 Å². The van der Waals surface area contributed by atoms with Gasteiger partial charge < -0.3 is 55.8 Å². The van der Waals surface area contributed by atoms with Crippen molar-refractivity contribution < 1.29 is 84.6 Å². The van der Waals surface area contributed by atoms with Crippen LogP contribution < -0.4 is 27.0 Å². The molecule has 2 aromatic carbocycles. The minimum absolute atomic E-state index is 0.00191. The SMILES string of the molecule is COC(=O)N1CC[C@H]2CC[C@@H](C(=O)N[C@@H](CCC(N)=O)C(=O)N[C@H](C(=O)N3CCC(CCC#Cc4cccc5c4CN(C4CCC(=O)NC4=O)C5=O)CC3)C3CCC(F)(F)CC3)N2C(=O)[C@@H](NC(=O)c2cc3cc(C(F)(F)P(=O)(O)O)ccc3s2)C1. The first kappa shape index (κ1) is 63.0. The molecule has 1 unspecified atom stereocenters. The molecule has 23 nitrogen and oxygen atoms in total. The summed E-state index contributed by atoms with van der Waals surface area (Å²) < 4.78 is 75.3. The first-order chi connectivity index (χ1) is 40.7. The van der Waals surface area contributed by atoms with Crippen molar-refractivity contribution in [3.63, 3.8) is 0 Å². The van der Waals surface area contributed by atoms with Gasteiger partial charge in [0.05, 0.1) is 18.5 Å². The summed E-state index contributed by atoms with van der Waals surface area (Å²) in [6, 6.07) is 2.04. The second-order valence-electron chi connectivity index (χ2n) is 22.8. The average molecular weight is 1240 g/mol. The number of methoxy groups -OCH3 is 1. The zero-order valence-corrected chi connectivity index (χ0v) is 48.5. The first-order valence-corrected chi connectivity index (χ1v) is 30.9. The van der Waals surface area contributed by atoms with Crippen molar-refractivity contribution in [1.82, 2.24) is 40.9 Å². The number of rotatable bonds is 16. The average Bonchev–Trinajstić information content (AvgIpc) is 4.04. The van der Waals surface area contributed by atoms with E-state index in [9.17, 15) is 79.9 Å². The monoisotopic (exact) mass is 1240 g/mol. The number of primary amides is 1. The molecule has 9 rings (SSSR count). The number of benzene rings is 2. The third-order valence-electron chi connectivity index (χ3n) is 17.2. The Morgan fingerprint density at radius 3 is 2.34 bits per heavy atom. The maximum absolute atomic E-state index is 14.7. The third kappa shape index (κ3) is 13.9. The molecule has 0 spiro atoms. The maximum atomic E-state index is 14.7. The molecule has 8 N–H and O–H groups in total. The van der Waals surface area contributed by atoms with Gasteiger partial charge in [0, 0.05) is 85.7 Å². The van der Waals surface area contributed by atoms with Crippen molar-refractivity contribution in [1.29, 1.82) is 0 Å². The summed E-state index contributed by atoms with van der Waals surface area (Å²) in [5.41, 5.74) is 1.77. The van der Waals surface area contributed by atoms with Crippen molar-refractivity contribution in [2.45, 2.75) is 151 Å². The number of amides is 10. The zero-order valence-electron chi connectivity index (χ0n) is 46.8. The van der Waals surface area contributed by atoms with Gasteiger partial charge in [-0.05, 0) is 117 Å². The Labute approximate surface area is 494 Å². The van der Waals surface area contributed by atoms with E-state index in [1.54, 1.807) is 23.1 Å². The summed E-state index contributed by atoms with van der Waals surface area (Å²) in [5, 5.41) is 10.3. The number of nitrogens with one attached hydrogen (secondary N) is 4. The van der Waals surface area contributed by atoms with Crippen LogP contribution in [0.4, 0.5) is 22.4 Å². The van der Waals surface area contributed by atoms with Crippen molar-refractivity contribution in [3.05, 3.63) is 69.6 Å². The van der Waals surface area contributed by atoms with E-state index < -0.39 is 140 Å². The van der Waals surface area contributed by atoms with Crippen LogP contribution in [0.25, 0.3) is 10.1 Å². The van der Waals surface area contributed by atoms with Gasteiger partial charge in [-0.25, -0.2) is 13.6 Å². The van der Waals surface area contributed by atoms with Crippen LogP contribution in [-0.2, 0) is 55.1 Å². The molecule has 6 atom stereocenters. The summed E-state index contributed by atoms with van der Waals surface area (Å²) in [5.74, 6) is -3.21. The van der Waals surface area contributed by atoms with Crippen LogP contribution >= 0.6 is 18.9 Å². The minimum Gasteiger partial charge on any atom is -0.453 e. The van der Waals surface area contributed by atoms with E-state index in [0.717, 1.165) is 36.6 Å². The summed E-state index contributed by atoms with van der Waals surface area (Å²) in [6.45, 7) is 0.276. The second-order valence-corrected chi connectivity index (χ2v) is 25.5. The van der Waals surface area contributed by atoms with E-state index in [-0.39, 0.29) is 110 Å². The highest BCUT2D eigenvalue weighted by molar-refractivity contribution is 7.52. The number of nitrogens with two attached hydrogens (primary N) is 1. The lowest BCUT2D eigenvalue weighted by molar-refractivity contribution is -0.144. The lowest BCUT2D eigenvalue weighted by atomic mass is 9.81. The zero-order chi connectivity index (χ0) is 62.0. The number of carbonyl (C=O) groups excluding carboxylic acids is 10. The topological polar surface area (TPSA) is 325 Å². The van der Waals surface area contributed by atoms with Gasteiger partial charge in [-0.3, -0.25) is 53.0 Å². The Morgan fingerprint density at radius 2 is 1.65 bits per heavy atom. The number of imide groups is 1. The Morgan fingerprint density at radius 1 is 0.930 bits per heavy atom. The lowest BCUT2D eigenvalue weighted by Crippen LogP contribution is -2.62. The predicted molar refractivity (Wildman–Crippen MR) is 298 cm³/mol. The van der Waals surface area contributed by atoms with E-state index in [2.05, 4.69) is 33.1 Å². The first-order valence-electron chi connectivity index (χ1n) is 28.5. The molecule has 6 aliphatic rings. The maximum Gasteiger partial charge on any atom is 0.409 e. The number of fused-ring (bicyclic) bond motifs is 3. The molecule has 1 saturated carbocycles. The van der Waals surface area contributed by atoms with Gasteiger partial charge in [0.25, 0.3) is 11.8 Å². The van der Waals surface area contributed by atoms with E-state index in [1.165, 1.54) is 20.8 Å². The van der Waals surface area contributed by atoms with Crippen LogP contribution in [0.3, 0.4) is 0 Å². The molecule has 0 radical (unpaired) electrons. The van der Waals surface area contributed by atoms with Gasteiger partial charge in [-0.1, -0.05) is 24.0 Å². The molecule has 86 heavy (non-hydrogen) atoms. The number of piperidine rings is 2. The number of carbonyl (C=O) groups is 10. The molecular weight excluding hydrogens is 1170 g/mol. The molecule has 5 fully saturated rings. The molecule has 1 aliphatic carbocycles. The van der Waals surface area contributed by atoms with Crippen LogP contribution in [0.2, 0.25) is 0 Å². The number of nitrogens with zero attached hydrogens (tertiary/aromatic N) is 4. The minimum atomic E-state index is -5.93. The molecule has 3 aromatic rings. The molecule has 462 valence electrons. The number of hydrogen-bond acceptors (Lipinski definition) is 13. The predicted octanol–water partition coefficient (Wildman–Crippen LogP) is 3.95. The smallest absolute Gasteiger partial charge is 0.409 e. The van der Waals surface area contributed by atoms with E-state index >= 15 is 0 Å². The Hall–Kier alpha value is -7.47. The fraction of sp³-hybridized carbons (Fsp3) is 0.544. The fourth-order valence-electron chi connectivity index (χ4n) is 12.4.